The highest BCUT2D eigenvalue weighted by molar-refractivity contribution is 5.84. The third kappa shape index (κ3) is 2.56. The predicted octanol–water partition coefficient (Wildman–Crippen LogP) is 4.78. The van der Waals surface area contributed by atoms with E-state index < -0.39 is 0 Å². The molecule has 1 aromatic heterocycles. The molecule has 0 N–H and O–H groups in total. The van der Waals surface area contributed by atoms with E-state index in [9.17, 15) is 5.26 Å². The quantitative estimate of drug-likeness (QED) is 0.695. The van der Waals surface area contributed by atoms with Gasteiger partial charge in [0, 0.05) is 11.1 Å². The average molecular weight is 326 g/mol. The summed E-state index contributed by atoms with van der Waals surface area (Å²) in [6.07, 6.45) is 1.84. The molecule has 0 bridgehead atoms. The molecule has 0 fully saturated rings. The van der Waals surface area contributed by atoms with Gasteiger partial charge in [0.05, 0.1) is 12.3 Å². The fourth-order valence-corrected chi connectivity index (χ4v) is 3.56. The van der Waals surface area contributed by atoms with Crippen LogP contribution >= 0.6 is 0 Å². The largest absolute Gasteiger partial charge is 0.477 e. The van der Waals surface area contributed by atoms with E-state index >= 15 is 0 Å². The Balaban J connectivity index is 2.07. The van der Waals surface area contributed by atoms with Gasteiger partial charge in [-0.3, -0.25) is 0 Å². The third-order valence-electron chi connectivity index (χ3n) is 4.64. The lowest BCUT2D eigenvalue weighted by atomic mass is 9.83. The van der Waals surface area contributed by atoms with Gasteiger partial charge in [0.15, 0.2) is 0 Å². The number of pyridine rings is 1. The maximum Gasteiger partial charge on any atom is 0.232 e. The molecule has 3 aromatic rings. The first-order chi connectivity index (χ1) is 12.3. The minimum atomic E-state index is 0.430. The van der Waals surface area contributed by atoms with E-state index in [0.717, 1.165) is 40.8 Å². The molecule has 0 radical (unpaired) electrons. The monoisotopic (exact) mass is 326 g/mol. The molecule has 0 unspecified atom stereocenters. The summed E-state index contributed by atoms with van der Waals surface area (Å²) in [5.41, 5.74) is 7.07. The lowest BCUT2D eigenvalue weighted by molar-refractivity contribution is 0.326. The molecule has 25 heavy (non-hydrogen) atoms. The van der Waals surface area contributed by atoms with Crippen molar-refractivity contribution in [3.8, 4) is 34.3 Å². The summed E-state index contributed by atoms with van der Waals surface area (Å²) in [7, 11) is 0. The van der Waals surface area contributed by atoms with Crippen molar-refractivity contribution in [3.63, 3.8) is 0 Å². The highest BCUT2D eigenvalue weighted by Gasteiger charge is 2.26. The Morgan fingerprint density at radius 1 is 1.04 bits per heavy atom. The zero-order chi connectivity index (χ0) is 17.2. The molecule has 122 valence electrons. The number of nitriles is 1. The van der Waals surface area contributed by atoms with Crippen molar-refractivity contribution in [1.82, 2.24) is 4.98 Å². The Kier molecular flexibility index (Phi) is 3.95. The second-order valence-corrected chi connectivity index (χ2v) is 6.06. The number of ether oxygens (including phenoxy) is 1. The van der Waals surface area contributed by atoms with E-state index in [4.69, 9.17) is 9.72 Å². The fourth-order valence-electron chi connectivity index (χ4n) is 3.56. The second-order valence-electron chi connectivity index (χ2n) is 6.06. The van der Waals surface area contributed by atoms with E-state index in [1.165, 1.54) is 5.56 Å². The van der Waals surface area contributed by atoms with E-state index in [1.807, 2.05) is 43.3 Å². The summed E-state index contributed by atoms with van der Waals surface area (Å²) < 4.78 is 5.74. The first-order valence-corrected chi connectivity index (χ1v) is 8.57. The molecule has 4 rings (SSSR count). The average Bonchev–Trinajstić information content (AvgIpc) is 2.67. The SMILES string of the molecule is CCOc1nc2c(c(-c3ccccc3)c1C#N)CCc1ccccc1-2. The lowest BCUT2D eigenvalue weighted by Crippen LogP contribution is -2.11. The van der Waals surface area contributed by atoms with Crippen molar-refractivity contribution >= 4 is 0 Å². The first kappa shape index (κ1) is 15.4. The Morgan fingerprint density at radius 2 is 1.80 bits per heavy atom. The minimum absolute atomic E-state index is 0.430. The maximum absolute atomic E-state index is 9.81. The molecular formula is C22H18N2O. The van der Waals surface area contributed by atoms with E-state index in [1.54, 1.807) is 0 Å². The number of hydrogen-bond donors (Lipinski definition) is 0. The van der Waals surface area contributed by atoms with Crippen LogP contribution in [0.2, 0.25) is 0 Å². The van der Waals surface area contributed by atoms with Crippen LogP contribution in [0, 0.1) is 11.3 Å². The van der Waals surface area contributed by atoms with Crippen LogP contribution in [-0.2, 0) is 12.8 Å². The van der Waals surface area contributed by atoms with Crippen molar-refractivity contribution in [1.29, 1.82) is 5.26 Å². The van der Waals surface area contributed by atoms with Crippen LogP contribution in [0.3, 0.4) is 0 Å². The summed E-state index contributed by atoms with van der Waals surface area (Å²) in [6.45, 7) is 2.40. The Hall–Kier alpha value is -3.12. The highest BCUT2D eigenvalue weighted by atomic mass is 16.5. The van der Waals surface area contributed by atoms with Crippen molar-refractivity contribution in [3.05, 3.63) is 71.3 Å². The third-order valence-corrected chi connectivity index (χ3v) is 4.64. The molecule has 0 aliphatic heterocycles. The molecular weight excluding hydrogens is 308 g/mol. The van der Waals surface area contributed by atoms with Gasteiger partial charge < -0.3 is 4.74 Å². The number of benzene rings is 2. The fraction of sp³-hybridized carbons (Fsp3) is 0.182. The van der Waals surface area contributed by atoms with Gasteiger partial charge in [0.25, 0.3) is 0 Å². The molecule has 0 amide bonds. The standard InChI is InChI=1S/C22H18N2O/c1-2-25-22-19(14-23)20(16-9-4-3-5-10-16)18-13-12-15-8-6-7-11-17(15)21(18)24-22/h3-11H,2,12-13H2,1H3. The zero-order valence-electron chi connectivity index (χ0n) is 14.1. The van der Waals surface area contributed by atoms with Gasteiger partial charge >= 0.3 is 0 Å². The van der Waals surface area contributed by atoms with Crippen LogP contribution < -0.4 is 4.74 Å². The molecule has 3 heteroatoms. The Labute approximate surface area is 147 Å². The number of rotatable bonds is 3. The molecule has 1 heterocycles. The molecule has 1 aliphatic carbocycles. The smallest absolute Gasteiger partial charge is 0.232 e. The normalized spacial score (nSPS) is 12.0. The van der Waals surface area contributed by atoms with Gasteiger partial charge in [0.1, 0.15) is 11.6 Å². The molecule has 1 aliphatic rings. The number of aryl methyl sites for hydroxylation is 1. The molecule has 0 saturated carbocycles. The number of nitrogens with zero attached hydrogens (tertiary/aromatic N) is 2. The van der Waals surface area contributed by atoms with Crippen LogP contribution in [0.15, 0.2) is 54.6 Å². The Bertz CT molecular complexity index is 971. The van der Waals surface area contributed by atoms with Crippen molar-refractivity contribution in [2.45, 2.75) is 19.8 Å². The summed E-state index contributed by atoms with van der Waals surface area (Å²) in [6, 6.07) is 20.8. The van der Waals surface area contributed by atoms with Crippen LogP contribution in [0.5, 0.6) is 5.88 Å². The number of aromatic nitrogens is 1. The van der Waals surface area contributed by atoms with E-state index in [-0.39, 0.29) is 0 Å². The lowest BCUT2D eigenvalue weighted by Gasteiger charge is -2.24. The number of hydrogen-bond acceptors (Lipinski definition) is 3. The first-order valence-electron chi connectivity index (χ1n) is 8.57. The summed E-state index contributed by atoms with van der Waals surface area (Å²) in [4.78, 5) is 4.76. The van der Waals surface area contributed by atoms with Crippen LogP contribution in [0.25, 0.3) is 22.4 Å². The van der Waals surface area contributed by atoms with Gasteiger partial charge in [-0.25, -0.2) is 4.98 Å². The second kappa shape index (κ2) is 6.41. The van der Waals surface area contributed by atoms with E-state index in [2.05, 4.69) is 24.3 Å². The van der Waals surface area contributed by atoms with Crippen molar-refractivity contribution in [2.24, 2.45) is 0 Å². The summed E-state index contributed by atoms with van der Waals surface area (Å²) >= 11 is 0. The van der Waals surface area contributed by atoms with Gasteiger partial charge in [-0.15, -0.1) is 0 Å². The molecule has 0 saturated heterocycles. The van der Waals surface area contributed by atoms with Crippen LogP contribution in [-0.4, -0.2) is 11.6 Å². The van der Waals surface area contributed by atoms with E-state index in [0.29, 0.717) is 18.1 Å². The van der Waals surface area contributed by atoms with Gasteiger partial charge in [-0.2, -0.15) is 5.26 Å². The van der Waals surface area contributed by atoms with Gasteiger partial charge in [-0.05, 0) is 36.5 Å². The van der Waals surface area contributed by atoms with Gasteiger partial charge in [0.2, 0.25) is 5.88 Å². The predicted molar refractivity (Wildman–Crippen MR) is 98.4 cm³/mol. The molecule has 0 atom stereocenters. The van der Waals surface area contributed by atoms with Crippen LogP contribution in [0.1, 0.15) is 23.6 Å². The van der Waals surface area contributed by atoms with Crippen molar-refractivity contribution < 1.29 is 4.74 Å². The zero-order valence-corrected chi connectivity index (χ0v) is 14.1. The highest BCUT2D eigenvalue weighted by Crippen LogP contribution is 2.42. The van der Waals surface area contributed by atoms with Gasteiger partial charge in [-0.1, -0.05) is 54.6 Å². The topological polar surface area (TPSA) is 45.9 Å². The van der Waals surface area contributed by atoms with Crippen LogP contribution in [0.4, 0.5) is 0 Å². The summed E-state index contributed by atoms with van der Waals surface area (Å²) in [5.74, 6) is 0.430. The Morgan fingerprint density at radius 3 is 2.56 bits per heavy atom. The number of fused-ring (bicyclic) bond motifs is 3. The molecule has 2 aromatic carbocycles. The van der Waals surface area contributed by atoms with Crippen molar-refractivity contribution in [2.75, 3.05) is 6.61 Å². The minimum Gasteiger partial charge on any atom is -0.477 e. The molecule has 0 spiro atoms. The summed E-state index contributed by atoms with van der Waals surface area (Å²) in [5, 5.41) is 9.81. The molecule has 3 nitrogen and oxygen atoms in total. The maximum atomic E-state index is 9.81.